The molecule has 4 aromatic carbocycles. The zero-order valence-corrected chi connectivity index (χ0v) is 30.2. The molecule has 282 valence electrons. The number of carboxylic acids is 1. The maximum absolute atomic E-state index is 13.8. The molecule has 5 aromatic rings. The highest BCUT2D eigenvalue weighted by atomic mass is 19.4. The summed E-state index contributed by atoms with van der Waals surface area (Å²) in [5.41, 5.74) is 4.09. The molecule has 9 nitrogen and oxygen atoms in total. The van der Waals surface area contributed by atoms with Gasteiger partial charge in [0, 0.05) is 65.7 Å². The highest BCUT2D eigenvalue weighted by Gasteiger charge is 2.30. The van der Waals surface area contributed by atoms with Crippen molar-refractivity contribution in [2.75, 3.05) is 23.3 Å². The van der Waals surface area contributed by atoms with Gasteiger partial charge in [-0.15, -0.1) is 0 Å². The first-order chi connectivity index (χ1) is 26.4. The zero-order chi connectivity index (χ0) is 39.1. The van der Waals surface area contributed by atoms with Crippen LogP contribution in [0.5, 0.6) is 0 Å². The Balaban J connectivity index is 1.26. The lowest BCUT2D eigenvalue weighted by molar-refractivity contribution is -0.137. The smallest absolute Gasteiger partial charge is 0.416 e. The van der Waals surface area contributed by atoms with Crippen LogP contribution in [0.1, 0.15) is 69.2 Å². The van der Waals surface area contributed by atoms with Crippen molar-refractivity contribution in [1.29, 1.82) is 0 Å². The Morgan fingerprint density at radius 2 is 1.64 bits per heavy atom. The number of piperidine rings is 1. The number of carbonyl (C=O) groups excluding carboxylic acids is 2. The van der Waals surface area contributed by atoms with Crippen LogP contribution in [0.4, 0.5) is 24.5 Å². The van der Waals surface area contributed by atoms with Gasteiger partial charge in [0.15, 0.2) is 0 Å². The lowest BCUT2D eigenvalue weighted by Gasteiger charge is -2.29. The lowest BCUT2D eigenvalue weighted by Crippen LogP contribution is -2.29. The molecule has 3 N–H and O–H groups in total. The fraction of sp³-hybridized carbons (Fsp3) is 0.209. The topological polar surface area (TPSA) is 116 Å². The summed E-state index contributed by atoms with van der Waals surface area (Å²) >= 11 is 0. The van der Waals surface area contributed by atoms with Gasteiger partial charge in [-0.2, -0.15) is 13.2 Å². The van der Waals surface area contributed by atoms with Gasteiger partial charge >= 0.3 is 12.1 Å². The van der Waals surface area contributed by atoms with Gasteiger partial charge in [-0.05, 0) is 111 Å². The van der Waals surface area contributed by atoms with E-state index in [-0.39, 0.29) is 23.6 Å². The van der Waals surface area contributed by atoms with E-state index in [0.29, 0.717) is 40.0 Å². The highest BCUT2D eigenvalue weighted by Crippen LogP contribution is 2.33. The van der Waals surface area contributed by atoms with Crippen molar-refractivity contribution in [2.45, 2.75) is 45.5 Å². The van der Waals surface area contributed by atoms with E-state index in [4.69, 9.17) is 0 Å². The SMILES string of the molecule is C=N/C(=C\C(=C/C)C(=O)NCc1cccc(C(F)(F)F)c1)c1cc(N2CCCCC2)ccc1NC(=O)c1cccc(Cn2ccc3c(C(=O)O)cccc32)c1. The standard InChI is InChI=1S/C43H40F3N5O4/c1-3-30(40(52)48-26-28-10-8-13-32(23-28)43(44,45)46)24-38(47-2)36-25-33(50-19-5-4-6-20-50)16-17-37(36)49-41(53)31-12-7-11-29(22-31)27-51-21-18-34-35(42(54)55)14-9-15-39(34)51/h3,7-18,21-25H,2,4-6,19-20,26-27H2,1H3,(H,48,52)(H,49,53)(H,54,55)/b30-3+,38-24-. The molecule has 55 heavy (non-hydrogen) atoms. The van der Waals surface area contributed by atoms with Crippen molar-refractivity contribution < 1.29 is 32.7 Å². The quantitative estimate of drug-likeness (QED) is 0.0670. The Hall–Kier alpha value is -6.43. The fourth-order valence-corrected chi connectivity index (χ4v) is 6.73. The number of carbonyl (C=O) groups is 3. The molecule has 0 bridgehead atoms. The van der Waals surface area contributed by atoms with E-state index in [1.54, 1.807) is 55.5 Å². The molecule has 2 heterocycles. The number of carboxylic acid groups (broad SMARTS) is 1. The predicted octanol–water partition coefficient (Wildman–Crippen LogP) is 8.95. The number of benzene rings is 4. The monoisotopic (exact) mass is 747 g/mol. The number of nitrogens with one attached hydrogen (secondary N) is 2. The normalized spacial score (nSPS) is 13.8. The molecule has 0 unspecified atom stereocenters. The maximum atomic E-state index is 13.8. The van der Waals surface area contributed by atoms with Crippen LogP contribution in [0, 0.1) is 0 Å². The van der Waals surface area contributed by atoms with Crippen molar-refractivity contribution in [2.24, 2.45) is 4.99 Å². The molecule has 1 fully saturated rings. The van der Waals surface area contributed by atoms with Gasteiger partial charge in [-0.25, -0.2) is 4.79 Å². The van der Waals surface area contributed by atoms with Crippen LogP contribution in [0.15, 0.2) is 120 Å². The van der Waals surface area contributed by atoms with Crippen molar-refractivity contribution in [3.63, 3.8) is 0 Å². The van der Waals surface area contributed by atoms with Crippen LogP contribution in [0.2, 0.25) is 0 Å². The number of fused-ring (bicyclic) bond motifs is 1. The third-order valence-electron chi connectivity index (χ3n) is 9.58. The first-order valence-electron chi connectivity index (χ1n) is 17.8. The number of amides is 2. The molecule has 0 saturated carbocycles. The van der Waals surface area contributed by atoms with E-state index in [2.05, 4.69) is 27.2 Å². The number of hydrogen-bond donors (Lipinski definition) is 3. The van der Waals surface area contributed by atoms with E-state index >= 15 is 0 Å². The molecular formula is C43H40F3N5O4. The first kappa shape index (κ1) is 38.3. The summed E-state index contributed by atoms with van der Waals surface area (Å²) in [6.45, 7) is 7.44. The van der Waals surface area contributed by atoms with E-state index in [9.17, 15) is 32.7 Å². The van der Waals surface area contributed by atoms with Gasteiger partial charge in [-0.1, -0.05) is 36.4 Å². The summed E-state index contributed by atoms with van der Waals surface area (Å²) in [6, 6.07) is 24.5. The van der Waals surface area contributed by atoms with Gasteiger partial charge in [-0.3, -0.25) is 14.6 Å². The summed E-state index contributed by atoms with van der Waals surface area (Å²) < 4.78 is 41.7. The summed E-state index contributed by atoms with van der Waals surface area (Å²) in [6.07, 6.45) is 3.65. The predicted molar refractivity (Wildman–Crippen MR) is 209 cm³/mol. The Bertz CT molecular complexity index is 2320. The number of aromatic carboxylic acids is 1. The maximum Gasteiger partial charge on any atom is 0.416 e. The molecule has 0 spiro atoms. The number of aromatic nitrogens is 1. The molecule has 6 rings (SSSR count). The first-order valence-corrected chi connectivity index (χ1v) is 17.8. The highest BCUT2D eigenvalue weighted by molar-refractivity contribution is 6.07. The van der Waals surface area contributed by atoms with Crippen LogP contribution in [-0.4, -0.2) is 47.3 Å². The number of aliphatic imine (C=N–C) groups is 1. The number of nitrogens with zero attached hydrogens (tertiary/aromatic N) is 3. The van der Waals surface area contributed by atoms with Gasteiger partial charge in [0.2, 0.25) is 0 Å². The van der Waals surface area contributed by atoms with Crippen LogP contribution in [0.3, 0.4) is 0 Å². The number of anilines is 2. The molecule has 0 radical (unpaired) electrons. The number of hydrogen-bond acceptors (Lipinski definition) is 5. The van der Waals surface area contributed by atoms with Crippen LogP contribution in [0.25, 0.3) is 16.6 Å². The second kappa shape index (κ2) is 16.7. The van der Waals surface area contributed by atoms with Crippen molar-refractivity contribution >= 4 is 52.5 Å². The molecular weight excluding hydrogens is 707 g/mol. The number of rotatable bonds is 12. The molecule has 12 heteroatoms. The minimum atomic E-state index is -4.51. The molecule has 1 aromatic heterocycles. The van der Waals surface area contributed by atoms with Crippen molar-refractivity contribution in [3.05, 3.63) is 148 Å². The van der Waals surface area contributed by atoms with Crippen molar-refractivity contribution in [1.82, 2.24) is 9.88 Å². The number of halogens is 3. The van der Waals surface area contributed by atoms with Crippen molar-refractivity contribution in [3.8, 4) is 0 Å². The lowest BCUT2D eigenvalue weighted by atomic mass is 10.0. The number of alkyl halides is 3. The second-order valence-electron chi connectivity index (χ2n) is 13.2. The largest absolute Gasteiger partial charge is 0.478 e. The Morgan fingerprint density at radius 1 is 0.891 bits per heavy atom. The molecule has 1 aliphatic rings. The van der Waals surface area contributed by atoms with Gasteiger partial charge in [0.1, 0.15) is 0 Å². The van der Waals surface area contributed by atoms with Gasteiger partial charge in [0.25, 0.3) is 11.8 Å². The third kappa shape index (κ3) is 9.03. The summed E-state index contributed by atoms with van der Waals surface area (Å²) in [4.78, 5) is 45.4. The Labute approximate surface area is 316 Å². The third-order valence-corrected chi connectivity index (χ3v) is 9.58. The van der Waals surface area contributed by atoms with E-state index in [0.717, 1.165) is 61.3 Å². The molecule has 1 aliphatic heterocycles. The second-order valence-corrected chi connectivity index (χ2v) is 13.2. The Kier molecular flexibility index (Phi) is 11.6. The van der Waals surface area contributed by atoms with E-state index in [1.807, 2.05) is 35.0 Å². The fourth-order valence-electron chi connectivity index (χ4n) is 6.73. The molecule has 1 saturated heterocycles. The van der Waals surface area contributed by atoms with Gasteiger partial charge < -0.3 is 25.2 Å². The Morgan fingerprint density at radius 3 is 2.36 bits per heavy atom. The molecule has 0 aliphatic carbocycles. The zero-order valence-electron chi connectivity index (χ0n) is 30.2. The minimum absolute atomic E-state index is 0.125. The molecule has 0 atom stereocenters. The van der Waals surface area contributed by atoms with E-state index < -0.39 is 23.6 Å². The summed E-state index contributed by atoms with van der Waals surface area (Å²) in [5, 5.41) is 15.9. The van der Waals surface area contributed by atoms with Gasteiger partial charge in [0.05, 0.1) is 22.5 Å². The van der Waals surface area contributed by atoms with Crippen LogP contribution < -0.4 is 15.5 Å². The summed E-state index contributed by atoms with van der Waals surface area (Å²) in [5.74, 6) is -1.91. The minimum Gasteiger partial charge on any atom is -0.478 e. The molecule has 2 amide bonds. The number of allylic oxidation sites excluding steroid dienone is 1. The van der Waals surface area contributed by atoms with E-state index in [1.165, 1.54) is 18.2 Å². The van der Waals surface area contributed by atoms with Crippen LogP contribution in [-0.2, 0) is 24.1 Å². The average molecular weight is 748 g/mol. The average Bonchev–Trinajstić information content (AvgIpc) is 3.60. The van der Waals surface area contributed by atoms with Crippen LogP contribution >= 0.6 is 0 Å². The summed E-state index contributed by atoms with van der Waals surface area (Å²) in [7, 11) is 0.